The number of alkyl carbamates (subject to hydrolysis) is 1. The largest absolute Gasteiger partial charge is 0.508 e. The van der Waals surface area contributed by atoms with Crippen LogP contribution < -0.4 is 16.4 Å². The number of hydrogen-bond donors (Lipinski definition) is 4. The van der Waals surface area contributed by atoms with Crippen LogP contribution in [-0.2, 0) is 28.7 Å². The Hall–Kier alpha value is -3.83. The van der Waals surface area contributed by atoms with Crippen LogP contribution in [0.25, 0.3) is 0 Å². The lowest BCUT2D eigenvalue weighted by Gasteiger charge is -2.31. The molecule has 0 bridgehead atoms. The summed E-state index contributed by atoms with van der Waals surface area (Å²) in [6, 6.07) is 1.56. The van der Waals surface area contributed by atoms with E-state index in [9.17, 15) is 29.1 Å². The van der Waals surface area contributed by atoms with Crippen molar-refractivity contribution in [2.45, 2.75) is 51.8 Å². The van der Waals surface area contributed by atoms with Gasteiger partial charge in [0.2, 0.25) is 17.7 Å². The first-order chi connectivity index (χ1) is 15.7. The standard InChI is InChI=1S/C22H32N4O8/c1-12-9-13(7-8-15(12)27)18(19(30)24-11-17(29)33-6)26(5)20(31)14(10-16(23)28)25-21(32)34-22(2,3)4/h7-9,14,18,27H,10-11H2,1-6H3,(H2,23,28)(H,24,30)(H,25,32). The van der Waals surface area contributed by atoms with Crippen molar-refractivity contribution in [2.24, 2.45) is 5.73 Å². The first-order valence-electron chi connectivity index (χ1n) is 10.3. The molecule has 4 amide bonds. The van der Waals surface area contributed by atoms with Gasteiger partial charge >= 0.3 is 12.1 Å². The fourth-order valence-corrected chi connectivity index (χ4v) is 2.95. The van der Waals surface area contributed by atoms with Gasteiger partial charge in [-0.25, -0.2) is 4.79 Å². The van der Waals surface area contributed by atoms with Crippen molar-refractivity contribution in [1.29, 1.82) is 0 Å². The molecule has 0 spiro atoms. The van der Waals surface area contributed by atoms with E-state index in [1.807, 2.05) is 0 Å². The average Bonchev–Trinajstić information content (AvgIpc) is 2.71. The first-order valence-corrected chi connectivity index (χ1v) is 10.3. The summed E-state index contributed by atoms with van der Waals surface area (Å²) in [6.45, 7) is 6.02. The number of carbonyl (C=O) groups excluding carboxylic acids is 5. The highest BCUT2D eigenvalue weighted by atomic mass is 16.6. The summed E-state index contributed by atoms with van der Waals surface area (Å²) in [5.41, 5.74) is 5.13. The molecular weight excluding hydrogens is 448 g/mol. The second-order valence-corrected chi connectivity index (χ2v) is 8.56. The minimum Gasteiger partial charge on any atom is -0.508 e. The maximum atomic E-state index is 13.3. The van der Waals surface area contributed by atoms with Gasteiger partial charge in [0.05, 0.1) is 13.5 Å². The number of nitrogens with two attached hydrogens (primary N) is 1. The normalized spacial score (nSPS) is 12.6. The summed E-state index contributed by atoms with van der Waals surface area (Å²) >= 11 is 0. The minimum atomic E-state index is -1.42. The maximum Gasteiger partial charge on any atom is 0.408 e. The highest BCUT2D eigenvalue weighted by Crippen LogP contribution is 2.26. The van der Waals surface area contributed by atoms with E-state index < -0.39 is 60.4 Å². The van der Waals surface area contributed by atoms with E-state index in [2.05, 4.69) is 15.4 Å². The lowest BCUT2D eigenvalue weighted by Crippen LogP contribution is -2.53. The minimum absolute atomic E-state index is 0.0235. The smallest absolute Gasteiger partial charge is 0.408 e. The number of aromatic hydroxyl groups is 1. The number of carbonyl (C=O) groups is 5. The van der Waals surface area contributed by atoms with Crippen molar-refractivity contribution in [2.75, 3.05) is 20.7 Å². The van der Waals surface area contributed by atoms with E-state index in [-0.39, 0.29) is 5.75 Å². The molecule has 0 aliphatic heterocycles. The molecule has 0 saturated carbocycles. The summed E-state index contributed by atoms with van der Waals surface area (Å²) in [4.78, 5) is 62.5. The van der Waals surface area contributed by atoms with Crippen LogP contribution in [0.15, 0.2) is 18.2 Å². The first kappa shape index (κ1) is 28.2. The van der Waals surface area contributed by atoms with Crippen molar-refractivity contribution in [1.82, 2.24) is 15.5 Å². The summed E-state index contributed by atoms with van der Waals surface area (Å²) in [6.07, 6.45) is -1.50. The SMILES string of the molecule is COC(=O)CNC(=O)C(c1ccc(O)c(C)c1)N(C)C(=O)C(CC(N)=O)NC(=O)OC(C)(C)C. The Morgan fingerprint density at radius 3 is 2.29 bits per heavy atom. The molecule has 2 atom stereocenters. The number of primary amides is 1. The van der Waals surface area contributed by atoms with Gasteiger partial charge in [-0.05, 0) is 51.0 Å². The van der Waals surface area contributed by atoms with Crippen LogP contribution in [0.4, 0.5) is 4.79 Å². The van der Waals surface area contributed by atoms with Crippen molar-refractivity contribution in [3.8, 4) is 5.75 Å². The molecule has 188 valence electrons. The Morgan fingerprint density at radius 1 is 1.18 bits per heavy atom. The molecule has 0 aromatic heterocycles. The molecular formula is C22H32N4O8. The quantitative estimate of drug-likeness (QED) is 0.364. The Bertz CT molecular complexity index is 941. The summed E-state index contributed by atoms with van der Waals surface area (Å²) in [5, 5.41) is 14.5. The van der Waals surface area contributed by atoms with E-state index in [0.29, 0.717) is 11.1 Å². The van der Waals surface area contributed by atoms with Gasteiger partial charge in [0.25, 0.3) is 0 Å². The molecule has 0 heterocycles. The van der Waals surface area contributed by atoms with E-state index in [4.69, 9.17) is 10.5 Å². The van der Waals surface area contributed by atoms with Crippen molar-refractivity contribution < 1.29 is 38.6 Å². The molecule has 0 saturated heterocycles. The molecule has 1 aromatic carbocycles. The predicted molar refractivity (Wildman–Crippen MR) is 120 cm³/mol. The van der Waals surface area contributed by atoms with Crippen LogP contribution in [0, 0.1) is 6.92 Å². The summed E-state index contributed by atoms with van der Waals surface area (Å²) in [5.74, 6) is -3.14. The van der Waals surface area contributed by atoms with Crippen molar-refractivity contribution >= 4 is 29.8 Å². The molecule has 34 heavy (non-hydrogen) atoms. The fourth-order valence-electron chi connectivity index (χ4n) is 2.95. The third kappa shape index (κ3) is 8.60. The molecule has 0 aliphatic rings. The summed E-state index contributed by atoms with van der Waals surface area (Å²) in [7, 11) is 2.44. The molecule has 1 aromatic rings. The zero-order valence-corrected chi connectivity index (χ0v) is 20.1. The number of rotatable bonds is 9. The van der Waals surface area contributed by atoms with Gasteiger partial charge in [0, 0.05) is 7.05 Å². The molecule has 2 unspecified atom stereocenters. The molecule has 5 N–H and O–H groups in total. The lowest BCUT2D eigenvalue weighted by molar-refractivity contribution is -0.144. The number of hydrogen-bond acceptors (Lipinski definition) is 8. The number of methoxy groups -OCH3 is 1. The number of nitrogens with one attached hydrogen (secondary N) is 2. The third-order valence-corrected chi connectivity index (χ3v) is 4.55. The Labute approximate surface area is 197 Å². The van der Waals surface area contributed by atoms with Gasteiger partial charge in [-0.3, -0.25) is 19.2 Å². The number of benzene rings is 1. The number of ether oxygens (including phenoxy) is 2. The average molecular weight is 481 g/mol. The van der Waals surface area contributed by atoms with Crippen molar-refractivity contribution in [3.05, 3.63) is 29.3 Å². The highest BCUT2D eigenvalue weighted by Gasteiger charge is 2.35. The number of amides is 4. The Morgan fingerprint density at radius 2 is 1.79 bits per heavy atom. The van der Waals surface area contributed by atoms with Crippen LogP contribution in [0.3, 0.4) is 0 Å². The predicted octanol–water partition coefficient (Wildman–Crippen LogP) is 0.258. The van der Waals surface area contributed by atoms with Gasteiger partial charge < -0.3 is 35.8 Å². The van der Waals surface area contributed by atoms with E-state index in [1.54, 1.807) is 27.7 Å². The van der Waals surface area contributed by atoms with Gasteiger partial charge in [-0.1, -0.05) is 6.07 Å². The number of likely N-dealkylation sites (N-methyl/N-ethyl adjacent to an activating group) is 1. The molecule has 12 heteroatoms. The second-order valence-electron chi connectivity index (χ2n) is 8.56. The second kappa shape index (κ2) is 11.9. The number of nitrogens with zero attached hydrogens (tertiary/aromatic N) is 1. The van der Waals surface area contributed by atoms with Crippen LogP contribution in [0.5, 0.6) is 5.75 Å². The summed E-state index contributed by atoms with van der Waals surface area (Å²) < 4.78 is 9.66. The van der Waals surface area contributed by atoms with Gasteiger partial charge in [0.1, 0.15) is 30.0 Å². The zero-order chi connectivity index (χ0) is 26.2. The molecule has 0 fully saturated rings. The van der Waals surface area contributed by atoms with Gasteiger partial charge in [-0.2, -0.15) is 0 Å². The zero-order valence-electron chi connectivity index (χ0n) is 20.1. The Balaban J connectivity index is 3.30. The lowest BCUT2D eigenvalue weighted by atomic mass is 10.0. The Kier molecular flexibility index (Phi) is 9.84. The number of phenolic OH excluding ortho intramolecular Hbond substituents is 1. The van der Waals surface area contributed by atoms with Crippen molar-refractivity contribution in [3.63, 3.8) is 0 Å². The van der Waals surface area contributed by atoms with E-state index in [1.165, 1.54) is 25.2 Å². The number of phenols is 1. The van der Waals surface area contributed by atoms with Gasteiger partial charge in [-0.15, -0.1) is 0 Å². The van der Waals surface area contributed by atoms with Crippen LogP contribution in [0.1, 0.15) is 44.4 Å². The number of aryl methyl sites for hydroxylation is 1. The topological polar surface area (TPSA) is 177 Å². The van der Waals surface area contributed by atoms with E-state index >= 15 is 0 Å². The van der Waals surface area contributed by atoms with E-state index in [0.717, 1.165) is 12.0 Å². The molecule has 1 rings (SSSR count). The maximum absolute atomic E-state index is 13.3. The van der Waals surface area contributed by atoms with Crippen LogP contribution in [-0.4, -0.2) is 72.1 Å². The van der Waals surface area contributed by atoms with Crippen LogP contribution in [0.2, 0.25) is 0 Å². The molecule has 0 aliphatic carbocycles. The molecule has 0 radical (unpaired) electrons. The monoisotopic (exact) mass is 480 g/mol. The highest BCUT2D eigenvalue weighted by molar-refractivity contribution is 5.95. The molecule has 12 nitrogen and oxygen atoms in total. The van der Waals surface area contributed by atoms with Gasteiger partial charge in [0.15, 0.2) is 0 Å². The van der Waals surface area contributed by atoms with Crippen LogP contribution >= 0.6 is 0 Å². The third-order valence-electron chi connectivity index (χ3n) is 4.55. The fraction of sp³-hybridized carbons (Fsp3) is 0.500. The number of esters is 1.